The molecule has 0 N–H and O–H groups in total. The van der Waals surface area contributed by atoms with Gasteiger partial charge in [0.05, 0.1) is 11.6 Å². The number of benzene rings is 2. The van der Waals surface area contributed by atoms with Crippen molar-refractivity contribution in [2.24, 2.45) is 0 Å². The summed E-state index contributed by atoms with van der Waals surface area (Å²) in [5.74, 6) is 6.19. The van der Waals surface area contributed by atoms with Gasteiger partial charge in [0.15, 0.2) is 0 Å². The second-order valence-electron chi connectivity index (χ2n) is 3.81. The Labute approximate surface area is 101 Å². The molecule has 2 rings (SSSR count). The molecule has 0 aliphatic carbocycles. The van der Waals surface area contributed by atoms with E-state index in [1.807, 2.05) is 37.3 Å². The predicted molar refractivity (Wildman–Crippen MR) is 68.3 cm³/mol. The van der Waals surface area contributed by atoms with Crippen LogP contribution in [0.15, 0.2) is 48.5 Å². The van der Waals surface area contributed by atoms with Crippen LogP contribution in [0.4, 0.5) is 0 Å². The lowest BCUT2D eigenvalue weighted by atomic mass is 10.1. The molecule has 0 atom stereocenters. The Balaban J connectivity index is 2.24. The molecular formula is C16H11N. The van der Waals surface area contributed by atoms with Gasteiger partial charge in [0.25, 0.3) is 0 Å². The molecule has 0 radical (unpaired) electrons. The van der Waals surface area contributed by atoms with Crippen molar-refractivity contribution in [1.29, 1.82) is 5.26 Å². The Hall–Kier alpha value is -2.51. The first-order chi connectivity index (χ1) is 8.28. The van der Waals surface area contributed by atoms with Crippen molar-refractivity contribution in [2.75, 3.05) is 0 Å². The van der Waals surface area contributed by atoms with Crippen molar-refractivity contribution >= 4 is 0 Å². The third-order valence-corrected chi connectivity index (χ3v) is 2.38. The van der Waals surface area contributed by atoms with Gasteiger partial charge in [-0.25, -0.2) is 0 Å². The maximum Gasteiger partial charge on any atom is 0.0991 e. The zero-order chi connectivity index (χ0) is 12.1. The Morgan fingerprint density at radius 2 is 1.47 bits per heavy atom. The lowest BCUT2D eigenvalue weighted by Crippen LogP contribution is -1.78. The van der Waals surface area contributed by atoms with Crippen LogP contribution in [0.3, 0.4) is 0 Å². The lowest BCUT2D eigenvalue weighted by molar-refractivity contribution is 1.45. The SMILES string of the molecule is Cc1cccc(C#Cc2ccc(C#N)cc2)c1. The van der Waals surface area contributed by atoms with Crippen LogP contribution in [-0.4, -0.2) is 0 Å². The highest BCUT2D eigenvalue weighted by atomic mass is 14.2. The van der Waals surface area contributed by atoms with Crippen LogP contribution >= 0.6 is 0 Å². The topological polar surface area (TPSA) is 23.8 Å². The largest absolute Gasteiger partial charge is 0.192 e. The monoisotopic (exact) mass is 217 g/mol. The molecule has 0 aliphatic rings. The number of nitrogens with zero attached hydrogens (tertiary/aromatic N) is 1. The molecule has 0 spiro atoms. The molecule has 0 amide bonds. The standard InChI is InChI=1S/C16H11N/c1-13-3-2-4-15(11-13)8-5-14-6-9-16(12-17)10-7-14/h2-4,6-7,9-11H,1H3. The number of rotatable bonds is 0. The number of aryl methyl sites for hydroxylation is 1. The average Bonchev–Trinajstić information content (AvgIpc) is 2.37. The Morgan fingerprint density at radius 3 is 2.12 bits per heavy atom. The van der Waals surface area contributed by atoms with Crippen LogP contribution in [0, 0.1) is 30.1 Å². The van der Waals surface area contributed by atoms with Gasteiger partial charge in [-0.05, 0) is 48.9 Å². The summed E-state index contributed by atoms with van der Waals surface area (Å²) in [4.78, 5) is 0. The molecule has 17 heavy (non-hydrogen) atoms. The molecule has 80 valence electrons. The van der Waals surface area contributed by atoms with E-state index in [-0.39, 0.29) is 0 Å². The first-order valence-electron chi connectivity index (χ1n) is 5.37. The van der Waals surface area contributed by atoms with Crippen molar-refractivity contribution in [2.45, 2.75) is 6.92 Å². The summed E-state index contributed by atoms with van der Waals surface area (Å²) in [7, 11) is 0. The van der Waals surface area contributed by atoms with Crippen LogP contribution in [0.25, 0.3) is 0 Å². The zero-order valence-corrected chi connectivity index (χ0v) is 9.57. The highest BCUT2D eigenvalue weighted by Crippen LogP contribution is 2.04. The summed E-state index contributed by atoms with van der Waals surface area (Å²) in [6.07, 6.45) is 0. The van der Waals surface area contributed by atoms with Crippen molar-refractivity contribution < 1.29 is 0 Å². The Kier molecular flexibility index (Phi) is 3.24. The predicted octanol–water partition coefficient (Wildman–Crippen LogP) is 3.27. The van der Waals surface area contributed by atoms with E-state index in [9.17, 15) is 0 Å². The molecule has 0 bridgehead atoms. The summed E-state index contributed by atoms with van der Waals surface area (Å²) >= 11 is 0. The highest BCUT2D eigenvalue weighted by molar-refractivity contribution is 5.45. The molecule has 1 heteroatoms. The first kappa shape index (κ1) is 11.0. The molecule has 0 saturated heterocycles. The van der Waals surface area contributed by atoms with E-state index < -0.39 is 0 Å². The second kappa shape index (κ2) is 5.01. The molecule has 0 aromatic heterocycles. The van der Waals surface area contributed by atoms with Crippen molar-refractivity contribution in [3.05, 3.63) is 70.8 Å². The summed E-state index contributed by atoms with van der Waals surface area (Å²) in [5.41, 5.74) is 3.79. The van der Waals surface area contributed by atoms with E-state index in [2.05, 4.69) is 24.0 Å². The van der Waals surface area contributed by atoms with E-state index in [1.54, 1.807) is 12.1 Å². The van der Waals surface area contributed by atoms with E-state index >= 15 is 0 Å². The zero-order valence-electron chi connectivity index (χ0n) is 9.57. The Bertz CT molecular complexity index is 619. The van der Waals surface area contributed by atoms with Crippen LogP contribution < -0.4 is 0 Å². The van der Waals surface area contributed by atoms with E-state index in [4.69, 9.17) is 5.26 Å². The maximum atomic E-state index is 8.68. The number of hydrogen-bond acceptors (Lipinski definition) is 1. The first-order valence-corrected chi connectivity index (χ1v) is 5.37. The molecule has 0 unspecified atom stereocenters. The molecule has 0 saturated carbocycles. The fourth-order valence-corrected chi connectivity index (χ4v) is 1.50. The van der Waals surface area contributed by atoms with Crippen LogP contribution in [0.1, 0.15) is 22.3 Å². The smallest absolute Gasteiger partial charge is 0.0991 e. The molecule has 0 aliphatic heterocycles. The van der Waals surface area contributed by atoms with Gasteiger partial charge < -0.3 is 0 Å². The van der Waals surface area contributed by atoms with E-state index in [0.29, 0.717) is 5.56 Å². The molecule has 2 aromatic carbocycles. The fraction of sp³-hybridized carbons (Fsp3) is 0.0625. The van der Waals surface area contributed by atoms with Gasteiger partial charge >= 0.3 is 0 Å². The summed E-state index contributed by atoms with van der Waals surface area (Å²) in [6.45, 7) is 2.05. The van der Waals surface area contributed by atoms with Gasteiger partial charge in [-0.1, -0.05) is 24.0 Å². The second-order valence-corrected chi connectivity index (χ2v) is 3.81. The lowest BCUT2D eigenvalue weighted by Gasteiger charge is -1.93. The van der Waals surface area contributed by atoms with Crippen LogP contribution in [0.5, 0.6) is 0 Å². The molecule has 1 nitrogen and oxygen atoms in total. The van der Waals surface area contributed by atoms with Gasteiger partial charge in [0.1, 0.15) is 0 Å². The van der Waals surface area contributed by atoms with Crippen LogP contribution in [-0.2, 0) is 0 Å². The summed E-state index contributed by atoms with van der Waals surface area (Å²) in [6, 6.07) is 17.5. The molecule has 0 fully saturated rings. The Morgan fingerprint density at radius 1 is 0.824 bits per heavy atom. The third kappa shape index (κ3) is 2.97. The van der Waals surface area contributed by atoms with E-state index in [0.717, 1.165) is 11.1 Å². The normalized spacial score (nSPS) is 8.94. The van der Waals surface area contributed by atoms with Gasteiger partial charge in [-0.15, -0.1) is 0 Å². The third-order valence-electron chi connectivity index (χ3n) is 2.38. The van der Waals surface area contributed by atoms with Gasteiger partial charge in [-0.2, -0.15) is 5.26 Å². The summed E-state index contributed by atoms with van der Waals surface area (Å²) in [5, 5.41) is 8.68. The molecular weight excluding hydrogens is 206 g/mol. The van der Waals surface area contributed by atoms with E-state index in [1.165, 1.54) is 5.56 Å². The minimum absolute atomic E-state index is 0.658. The fourth-order valence-electron chi connectivity index (χ4n) is 1.50. The average molecular weight is 217 g/mol. The van der Waals surface area contributed by atoms with Gasteiger partial charge in [-0.3, -0.25) is 0 Å². The van der Waals surface area contributed by atoms with Crippen molar-refractivity contribution in [3.63, 3.8) is 0 Å². The van der Waals surface area contributed by atoms with Crippen molar-refractivity contribution in [3.8, 4) is 17.9 Å². The summed E-state index contributed by atoms with van der Waals surface area (Å²) < 4.78 is 0. The molecule has 0 heterocycles. The molecule has 2 aromatic rings. The number of hydrogen-bond donors (Lipinski definition) is 0. The quantitative estimate of drug-likeness (QED) is 0.621. The maximum absolute atomic E-state index is 8.68. The van der Waals surface area contributed by atoms with Gasteiger partial charge in [0.2, 0.25) is 0 Å². The minimum Gasteiger partial charge on any atom is -0.192 e. The minimum atomic E-state index is 0.658. The van der Waals surface area contributed by atoms with Crippen LogP contribution in [0.2, 0.25) is 0 Å². The van der Waals surface area contributed by atoms with Gasteiger partial charge in [0, 0.05) is 11.1 Å². The van der Waals surface area contributed by atoms with Crippen molar-refractivity contribution in [1.82, 2.24) is 0 Å². The number of nitriles is 1. The highest BCUT2D eigenvalue weighted by Gasteiger charge is 1.90.